The van der Waals surface area contributed by atoms with Gasteiger partial charge in [-0.15, -0.1) is 0 Å². The maximum absolute atomic E-state index is 12.7. The molecule has 1 aromatic heterocycles. The molecule has 0 spiro atoms. The summed E-state index contributed by atoms with van der Waals surface area (Å²) in [5.41, 5.74) is 2.37. The molecule has 0 bridgehead atoms. The van der Waals surface area contributed by atoms with Crippen molar-refractivity contribution in [3.63, 3.8) is 0 Å². The molecule has 0 aliphatic carbocycles. The fourth-order valence-corrected chi connectivity index (χ4v) is 3.74. The Morgan fingerprint density at radius 3 is 2.90 bits per heavy atom. The van der Waals surface area contributed by atoms with Gasteiger partial charge >= 0.3 is 0 Å². The van der Waals surface area contributed by atoms with E-state index >= 15 is 0 Å². The number of anilines is 1. The Kier molecular flexibility index (Phi) is 5.27. The van der Waals surface area contributed by atoms with Crippen molar-refractivity contribution in [2.75, 3.05) is 18.4 Å². The Balaban J connectivity index is 1.38. The third-order valence-corrected chi connectivity index (χ3v) is 5.45. The maximum Gasteiger partial charge on any atom is 0.257 e. The number of hydrogen-bond acceptors (Lipinski definition) is 5. The monoisotopic (exact) mass is 398 g/mol. The Hall–Kier alpha value is -2.87. The third-order valence-electron chi connectivity index (χ3n) is 5.45. The molecule has 154 valence electrons. The van der Waals surface area contributed by atoms with Gasteiger partial charge in [0.2, 0.25) is 5.91 Å². The number of rotatable bonds is 4. The molecule has 0 radical (unpaired) electrons. The number of nitrogens with one attached hydrogen (secondary N) is 1. The zero-order valence-corrected chi connectivity index (χ0v) is 16.7. The highest BCUT2D eigenvalue weighted by Crippen LogP contribution is 2.29. The van der Waals surface area contributed by atoms with Crippen LogP contribution in [0, 0.1) is 0 Å². The third kappa shape index (κ3) is 4.12. The van der Waals surface area contributed by atoms with E-state index in [1.165, 1.54) is 0 Å². The Bertz CT molecular complexity index is 923. The molecule has 2 N–H and O–H groups in total. The smallest absolute Gasteiger partial charge is 0.257 e. The number of aliphatic hydroxyl groups excluding tert-OH is 1. The number of piperidine rings is 1. The largest absolute Gasteiger partial charge is 0.488 e. The van der Waals surface area contributed by atoms with E-state index in [1.54, 1.807) is 28.0 Å². The van der Waals surface area contributed by atoms with Crippen molar-refractivity contribution in [1.82, 2.24) is 14.7 Å². The lowest BCUT2D eigenvalue weighted by molar-refractivity contribution is -0.116. The van der Waals surface area contributed by atoms with E-state index < -0.39 is 12.2 Å². The standard InChI is InChI=1S/C21H26N4O4/c1-13(2)25-11-15(10-22-25)21(28)24-8-7-19(18(26)12-24)29-16-5-3-14-4-6-20(27)23-17(14)9-16/h3,5,9-11,13,18-19,26H,4,6-8,12H2,1-2H3,(H,23,27)/t18-,19-/m1/s1. The van der Waals surface area contributed by atoms with Crippen molar-refractivity contribution < 1.29 is 19.4 Å². The van der Waals surface area contributed by atoms with E-state index in [2.05, 4.69) is 10.4 Å². The Morgan fingerprint density at radius 2 is 2.17 bits per heavy atom. The molecule has 2 aromatic rings. The van der Waals surface area contributed by atoms with Gasteiger partial charge in [0.25, 0.3) is 5.91 Å². The van der Waals surface area contributed by atoms with E-state index in [4.69, 9.17) is 4.74 Å². The van der Waals surface area contributed by atoms with E-state index in [1.807, 2.05) is 26.0 Å². The van der Waals surface area contributed by atoms with Gasteiger partial charge in [0.1, 0.15) is 18.0 Å². The highest BCUT2D eigenvalue weighted by atomic mass is 16.5. The lowest BCUT2D eigenvalue weighted by Gasteiger charge is -2.36. The first-order chi connectivity index (χ1) is 13.9. The fourth-order valence-electron chi connectivity index (χ4n) is 3.74. The van der Waals surface area contributed by atoms with Crippen LogP contribution in [0.25, 0.3) is 0 Å². The Labute approximate surface area is 169 Å². The van der Waals surface area contributed by atoms with Gasteiger partial charge in [-0.1, -0.05) is 6.07 Å². The van der Waals surface area contributed by atoms with Crippen molar-refractivity contribution in [1.29, 1.82) is 0 Å². The molecule has 2 amide bonds. The first-order valence-corrected chi connectivity index (χ1v) is 10.0. The molecule has 29 heavy (non-hydrogen) atoms. The number of amides is 2. The van der Waals surface area contributed by atoms with Crippen LogP contribution in [0.2, 0.25) is 0 Å². The maximum atomic E-state index is 12.7. The molecule has 8 nitrogen and oxygen atoms in total. The number of carbonyl (C=O) groups is 2. The number of likely N-dealkylation sites (tertiary alicyclic amines) is 1. The minimum atomic E-state index is -0.793. The molecule has 1 saturated heterocycles. The zero-order chi connectivity index (χ0) is 20.5. The number of hydrogen-bond donors (Lipinski definition) is 2. The predicted molar refractivity (Wildman–Crippen MR) is 107 cm³/mol. The van der Waals surface area contributed by atoms with Gasteiger partial charge in [0.05, 0.1) is 18.3 Å². The molecule has 2 aliphatic rings. The zero-order valence-electron chi connectivity index (χ0n) is 16.7. The number of nitrogens with zero attached hydrogens (tertiary/aromatic N) is 3. The van der Waals surface area contributed by atoms with Crippen molar-refractivity contribution >= 4 is 17.5 Å². The lowest BCUT2D eigenvalue weighted by Crippen LogP contribution is -2.51. The van der Waals surface area contributed by atoms with Gasteiger partial charge in [-0.2, -0.15) is 5.10 Å². The summed E-state index contributed by atoms with van der Waals surface area (Å²) in [6.07, 6.45) is 3.84. The van der Waals surface area contributed by atoms with E-state index in [9.17, 15) is 14.7 Å². The molecule has 3 heterocycles. The Morgan fingerprint density at radius 1 is 1.34 bits per heavy atom. The summed E-state index contributed by atoms with van der Waals surface area (Å²) >= 11 is 0. The molecule has 1 aromatic carbocycles. The second-order valence-electron chi connectivity index (χ2n) is 7.93. The normalized spacial score (nSPS) is 21.7. The average Bonchev–Trinajstić information content (AvgIpc) is 3.19. The van der Waals surface area contributed by atoms with Crippen LogP contribution in [0.4, 0.5) is 5.69 Å². The topological polar surface area (TPSA) is 96.7 Å². The van der Waals surface area contributed by atoms with E-state index in [-0.39, 0.29) is 24.4 Å². The van der Waals surface area contributed by atoms with Crippen LogP contribution in [0.1, 0.15) is 48.7 Å². The van der Waals surface area contributed by atoms with E-state index in [0.29, 0.717) is 30.7 Å². The van der Waals surface area contributed by atoms with Gasteiger partial charge in [-0.05, 0) is 31.9 Å². The van der Waals surface area contributed by atoms with Crippen molar-refractivity contribution in [2.24, 2.45) is 0 Å². The number of ether oxygens (including phenoxy) is 1. The van der Waals surface area contributed by atoms with Gasteiger partial charge in [0.15, 0.2) is 0 Å². The number of β-amino-alcohol motifs (C(OH)–C–C–N with tert-alkyl or cyclic N) is 1. The van der Waals surface area contributed by atoms with Crippen LogP contribution in [-0.4, -0.2) is 56.9 Å². The van der Waals surface area contributed by atoms with Crippen LogP contribution in [0.5, 0.6) is 5.75 Å². The summed E-state index contributed by atoms with van der Waals surface area (Å²) in [5.74, 6) is 0.473. The summed E-state index contributed by atoms with van der Waals surface area (Å²) in [6.45, 7) is 4.70. The number of benzene rings is 1. The quantitative estimate of drug-likeness (QED) is 0.821. The molecule has 0 unspecified atom stereocenters. The van der Waals surface area contributed by atoms with Crippen LogP contribution in [-0.2, 0) is 11.2 Å². The summed E-state index contributed by atoms with van der Waals surface area (Å²) < 4.78 is 7.73. The number of aryl methyl sites for hydroxylation is 1. The predicted octanol–water partition coefficient (Wildman–Crippen LogP) is 2.00. The highest BCUT2D eigenvalue weighted by molar-refractivity contribution is 5.94. The number of fused-ring (bicyclic) bond motifs is 1. The van der Waals surface area contributed by atoms with Crippen LogP contribution < -0.4 is 10.1 Å². The molecule has 4 rings (SSSR count). The molecular weight excluding hydrogens is 372 g/mol. The lowest BCUT2D eigenvalue weighted by atomic mass is 10.0. The molecule has 2 aliphatic heterocycles. The first kappa shape index (κ1) is 19.4. The summed E-state index contributed by atoms with van der Waals surface area (Å²) in [7, 11) is 0. The second kappa shape index (κ2) is 7.87. The molecule has 1 fully saturated rings. The number of aliphatic hydroxyl groups is 1. The molecule has 2 atom stereocenters. The van der Waals surface area contributed by atoms with Gasteiger partial charge in [0, 0.05) is 43.4 Å². The van der Waals surface area contributed by atoms with Crippen LogP contribution >= 0.6 is 0 Å². The van der Waals surface area contributed by atoms with Crippen molar-refractivity contribution in [3.8, 4) is 5.75 Å². The van der Waals surface area contributed by atoms with Crippen LogP contribution in [0.3, 0.4) is 0 Å². The summed E-state index contributed by atoms with van der Waals surface area (Å²) in [4.78, 5) is 26.0. The SMILES string of the molecule is CC(C)n1cc(C(=O)N2CC[C@@H](Oc3ccc4c(c3)NC(=O)CC4)[C@H](O)C2)cn1. The van der Waals surface area contributed by atoms with Gasteiger partial charge < -0.3 is 20.1 Å². The number of carbonyl (C=O) groups excluding carboxylic acids is 2. The average molecular weight is 398 g/mol. The highest BCUT2D eigenvalue weighted by Gasteiger charge is 2.32. The summed E-state index contributed by atoms with van der Waals surface area (Å²) in [5, 5.41) is 17.6. The minimum absolute atomic E-state index is 0.00212. The van der Waals surface area contributed by atoms with Crippen LogP contribution in [0.15, 0.2) is 30.6 Å². The fraction of sp³-hybridized carbons (Fsp3) is 0.476. The van der Waals surface area contributed by atoms with Gasteiger partial charge in [-0.25, -0.2) is 0 Å². The second-order valence-corrected chi connectivity index (χ2v) is 7.93. The van der Waals surface area contributed by atoms with Crippen molar-refractivity contribution in [3.05, 3.63) is 41.7 Å². The van der Waals surface area contributed by atoms with E-state index in [0.717, 1.165) is 17.7 Å². The molecular formula is C21H26N4O4. The molecule has 8 heteroatoms. The minimum Gasteiger partial charge on any atom is -0.488 e. The van der Waals surface area contributed by atoms with Crippen molar-refractivity contribution in [2.45, 2.75) is 51.4 Å². The first-order valence-electron chi connectivity index (χ1n) is 10.0. The summed E-state index contributed by atoms with van der Waals surface area (Å²) in [6, 6.07) is 5.79. The van der Waals surface area contributed by atoms with Gasteiger partial charge in [-0.3, -0.25) is 14.3 Å². The molecule has 0 saturated carbocycles. The number of aromatic nitrogens is 2.